The first kappa shape index (κ1) is 27.8. The Hall–Kier alpha value is -2.33. The number of benzene rings is 2. The third kappa shape index (κ3) is 6.27. The molecule has 3 heterocycles. The largest absolute Gasteiger partial charge is 0.487 e. The standard InChI is InChI=1S/C30H37ClN2O6S/c31-24-7-4-23-19-39-28-9-6-21-16-27(28)33(11-2-1-3-20(23)15-24)18-22-5-8-26(22)29-17-25(10-12-38-29)37-13-14-40(35,36)32-30(21)34/h4,6-7,9,15-16,22,25-26,29H,1-3,5,8,10-14,17-19H2,(H,32,34)/t22-,25+,26+,29+/m0/s1. The Morgan fingerprint density at radius 1 is 0.975 bits per heavy atom. The van der Waals surface area contributed by atoms with Crippen LogP contribution in [0, 0.1) is 11.8 Å². The highest BCUT2D eigenvalue weighted by Crippen LogP contribution is 2.43. The number of rotatable bonds is 0. The van der Waals surface area contributed by atoms with E-state index in [0.29, 0.717) is 30.8 Å². The summed E-state index contributed by atoms with van der Waals surface area (Å²) in [7, 11) is -3.85. The Kier molecular flexibility index (Phi) is 8.26. The number of aryl methyl sites for hydroxylation is 1. The zero-order valence-electron chi connectivity index (χ0n) is 22.6. The fraction of sp³-hybridized carbons (Fsp3) is 0.567. The van der Waals surface area contributed by atoms with Gasteiger partial charge in [-0.25, -0.2) is 13.1 Å². The van der Waals surface area contributed by atoms with E-state index >= 15 is 0 Å². The SMILES string of the molecule is O=C1NS(=O)(=O)CCO[C@@H]2CCO[C@H](C2)[C@@H]2CC[C@H]2CN2CCCCc3cc(Cl)ccc3COc3ccc1cc32. The Bertz CT molecular complexity index is 1350. The molecule has 0 spiro atoms. The van der Waals surface area contributed by atoms with Gasteiger partial charge in [0.2, 0.25) is 10.0 Å². The summed E-state index contributed by atoms with van der Waals surface area (Å²) < 4.78 is 46.3. The third-order valence-corrected chi connectivity index (χ3v) is 10.3. The van der Waals surface area contributed by atoms with Crippen LogP contribution in [-0.2, 0) is 32.5 Å². The first-order valence-electron chi connectivity index (χ1n) is 14.4. The summed E-state index contributed by atoms with van der Waals surface area (Å²) in [6, 6.07) is 11.1. The van der Waals surface area contributed by atoms with Crippen LogP contribution in [0.25, 0.3) is 0 Å². The molecule has 4 aliphatic rings. The number of halogens is 1. The molecule has 8 nitrogen and oxygen atoms in total. The molecule has 0 unspecified atom stereocenters. The molecule has 4 atom stereocenters. The van der Waals surface area contributed by atoms with Crippen LogP contribution in [0.15, 0.2) is 36.4 Å². The minimum absolute atomic E-state index is 0.0283. The molecule has 2 aromatic carbocycles. The second-order valence-corrected chi connectivity index (χ2v) is 13.7. The summed E-state index contributed by atoms with van der Waals surface area (Å²) in [6.45, 7) is 2.68. The van der Waals surface area contributed by atoms with Crippen molar-refractivity contribution in [1.82, 2.24) is 4.72 Å². The van der Waals surface area contributed by atoms with Gasteiger partial charge in [-0.2, -0.15) is 0 Å². The van der Waals surface area contributed by atoms with Gasteiger partial charge >= 0.3 is 0 Å². The molecule has 40 heavy (non-hydrogen) atoms. The van der Waals surface area contributed by atoms with Crippen LogP contribution < -0.4 is 14.4 Å². The molecule has 1 saturated heterocycles. The van der Waals surface area contributed by atoms with E-state index in [1.165, 1.54) is 5.56 Å². The molecule has 1 aliphatic carbocycles. The van der Waals surface area contributed by atoms with Gasteiger partial charge in [0.15, 0.2) is 0 Å². The van der Waals surface area contributed by atoms with E-state index < -0.39 is 15.9 Å². The van der Waals surface area contributed by atoms with Gasteiger partial charge < -0.3 is 19.1 Å². The molecule has 1 N–H and O–H groups in total. The number of fused-ring (bicyclic) bond motifs is 6. The van der Waals surface area contributed by atoms with E-state index in [-0.39, 0.29) is 30.1 Å². The lowest BCUT2D eigenvalue weighted by atomic mass is 9.68. The van der Waals surface area contributed by atoms with Crippen LogP contribution in [0.5, 0.6) is 5.75 Å². The van der Waals surface area contributed by atoms with Gasteiger partial charge in [-0.15, -0.1) is 0 Å². The maximum absolute atomic E-state index is 13.1. The normalized spacial score (nSPS) is 28.9. The number of ether oxygens (including phenoxy) is 3. The fourth-order valence-corrected chi connectivity index (χ4v) is 7.51. The molecule has 3 aliphatic heterocycles. The zero-order valence-corrected chi connectivity index (χ0v) is 24.2. The number of hydrogen-bond donors (Lipinski definition) is 1. The van der Waals surface area contributed by atoms with Crippen LogP contribution in [0.3, 0.4) is 0 Å². The van der Waals surface area contributed by atoms with Crippen molar-refractivity contribution < 1.29 is 27.4 Å². The van der Waals surface area contributed by atoms with Crippen LogP contribution in [0.4, 0.5) is 5.69 Å². The Labute approximate surface area is 241 Å². The highest BCUT2D eigenvalue weighted by molar-refractivity contribution is 7.90. The number of hydrogen-bond acceptors (Lipinski definition) is 7. The molecule has 10 heteroatoms. The van der Waals surface area contributed by atoms with Crippen molar-refractivity contribution in [3.8, 4) is 5.75 Å². The van der Waals surface area contributed by atoms with Crippen molar-refractivity contribution in [1.29, 1.82) is 0 Å². The lowest BCUT2D eigenvalue weighted by Crippen LogP contribution is -2.47. The minimum Gasteiger partial charge on any atom is -0.487 e. The van der Waals surface area contributed by atoms with Gasteiger partial charge in [0, 0.05) is 36.7 Å². The smallest absolute Gasteiger partial charge is 0.264 e. The topological polar surface area (TPSA) is 94.2 Å². The number of sulfonamides is 1. The third-order valence-electron chi connectivity index (χ3n) is 8.87. The average Bonchev–Trinajstić information content (AvgIpc) is 2.93. The van der Waals surface area contributed by atoms with E-state index in [2.05, 4.69) is 9.62 Å². The van der Waals surface area contributed by atoms with Gasteiger partial charge in [-0.05, 0) is 91.8 Å². The number of nitrogens with one attached hydrogen (secondary N) is 1. The minimum atomic E-state index is -3.85. The van der Waals surface area contributed by atoms with Crippen molar-refractivity contribution in [2.24, 2.45) is 11.8 Å². The highest BCUT2D eigenvalue weighted by Gasteiger charge is 2.41. The molecule has 1 saturated carbocycles. The highest BCUT2D eigenvalue weighted by atomic mass is 35.5. The van der Waals surface area contributed by atoms with Crippen LogP contribution >= 0.6 is 11.6 Å². The summed E-state index contributed by atoms with van der Waals surface area (Å²) in [5.74, 6) is 0.668. The molecule has 216 valence electrons. The number of amides is 1. The molecule has 2 aromatic rings. The van der Waals surface area contributed by atoms with Crippen LogP contribution in [0.1, 0.15) is 60.0 Å². The molecule has 6 rings (SSSR count). The maximum Gasteiger partial charge on any atom is 0.264 e. The summed E-state index contributed by atoms with van der Waals surface area (Å²) >= 11 is 6.31. The van der Waals surface area contributed by atoms with Gasteiger partial charge in [0.1, 0.15) is 12.4 Å². The van der Waals surface area contributed by atoms with Crippen molar-refractivity contribution in [3.63, 3.8) is 0 Å². The molecule has 2 fully saturated rings. The van der Waals surface area contributed by atoms with Gasteiger partial charge in [-0.1, -0.05) is 17.7 Å². The number of carbonyl (C=O) groups is 1. The average molecular weight is 589 g/mol. The second kappa shape index (κ2) is 11.9. The fourth-order valence-electron chi connectivity index (χ4n) is 6.49. The van der Waals surface area contributed by atoms with Crippen molar-refractivity contribution in [2.45, 2.75) is 63.8 Å². The molecule has 0 aromatic heterocycles. The van der Waals surface area contributed by atoms with Crippen molar-refractivity contribution in [2.75, 3.05) is 37.0 Å². The molecule has 1 amide bonds. The van der Waals surface area contributed by atoms with E-state index in [4.69, 9.17) is 25.8 Å². The maximum atomic E-state index is 13.1. The van der Waals surface area contributed by atoms with E-state index in [1.807, 2.05) is 18.2 Å². The van der Waals surface area contributed by atoms with E-state index in [0.717, 1.165) is 74.3 Å². The van der Waals surface area contributed by atoms with Crippen molar-refractivity contribution in [3.05, 3.63) is 58.1 Å². The lowest BCUT2D eigenvalue weighted by molar-refractivity contribution is -0.115. The molecular weight excluding hydrogens is 552 g/mol. The molecule has 4 bridgehead atoms. The van der Waals surface area contributed by atoms with Gasteiger partial charge in [-0.3, -0.25) is 4.79 Å². The summed E-state index contributed by atoms with van der Waals surface area (Å²) in [4.78, 5) is 15.5. The first-order chi connectivity index (χ1) is 19.3. The van der Waals surface area contributed by atoms with E-state index in [9.17, 15) is 13.2 Å². The summed E-state index contributed by atoms with van der Waals surface area (Å²) in [6.07, 6.45) is 6.74. The predicted octanol–water partition coefficient (Wildman–Crippen LogP) is 4.73. The Morgan fingerprint density at radius 2 is 1.88 bits per heavy atom. The number of carbonyl (C=O) groups excluding carboxylic acids is 1. The summed E-state index contributed by atoms with van der Waals surface area (Å²) in [5.41, 5.74) is 3.40. The lowest BCUT2D eigenvalue weighted by Gasteiger charge is -2.46. The Balaban J connectivity index is 1.35. The van der Waals surface area contributed by atoms with Gasteiger partial charge in [0.05, 0.1) is 30.3 Å². The van der Waals surface area contributed by atoms with Crippen LogP contribution in [0.2, 0.25) is 5.02 Å². The summed E-state index contributed by atoms with van der Waals surface area (Å²) in [5, 5.41) is 0.721. The Morgan fingerprint density at radius 3 is 2.73 bits per heavy atom. The van der Waals surface area contributed by atoms with Crippen molar-refractivity contribution >= 4 is 33.2 Å². The number of nitrogens with zero attached hydrogens (tertiary/aromatic N) is 1. The zero-order chi connectivity index (χ0) is 27.7. The first-order valence-corrected chi connectivity index (χ1v) is 16.4. The van der Waals surface area contributed by atoms with Gasteiger partial charge in [0.25, 0.3) is 5.91 Å². The van der Waals surface area contributed by atoms with E-state index in [1.54, 1.807) is 18.2 Å². The molecule has 0 radical (unpaired) electrons. The van der Waals surface area contributed by atoms with Crippen LogP contribution in [-0.4, -0.2) is 58.6 Å². The molecular formula is C30H37ClN2O6S. The number of anilines is 1. The monoisotopic (exact) mass is 588 g/mol. The second-order valence-electron chi connectivity index (χ2n) is 11.5. The quantitative estimate of drug-likeness (QED) is 0.476. The predicted molar refractivity (Wildman–Crippen MR) is 154 cm³/mol.